The highest BCUT2D eigenvalue weighted by atomic mass is 31.2. The van der Waals surface area contributed by atoms with Gasteiger partial charge in [0.15, 0.2) is 0 Å². The van der Waals surface area contributed by atoms with Crippen molar-refractivity contribution in [2.45, 2.75) is 19.6 Å². The summed E-state index contributed by atoms with van der Waals surface area (Å²) < 4.78 is 22.7. The van der Waals surface area contributed by atoms with E-state index in [0.29, 0.717) is 13.2 Å². The van der Waals surface area contributed by atoms with Gasteiger partial charge in [0.25, 0.3) is 0 Å². The Kier molecular flexibility index (Phi) is 5.16. The van der Waals surface area contributed by atoms with E-state index in [0.717, 1.165) is 5.56 Å². The molecule has 0 fully saturated rings. The molecule has 0 aromatic heterocycles. The van der Waals surface area contributed by atoms with E-state index in [9.17, 15) is 4.57 Å². The fourth-order valence-corrected chi connectivity index (χ4v) is 3.04. The number of hydrogen-bond donors (Lipinski definition) is 1. The molecule has 16 heavy (non-hydrogen) atoms. The lowest BCUT2D eigenvalue weighted by Gasteiger charge is -2.23. The van der Waals surface area contributed by atoms with Crippen LogP contribution in [0.25, 0.3) is 0 Å². The molecule has 0 bridgehead atoms. The van der Waals surface area contributed by atoms with Gasteiger partial charge in [0.05, 0.1) is 13.2 Å². The van der Waals surface area contributed by atoms with Gasteiger partial charge >= 0.3 is 7.60 Å². The minimum absolute atomic E-state index is 0.317. The summed E-state index contributed by atoms with van der Waals surface area (Å²) in [6, 6.07) is 9.20. The van der Waals surface area contributed by atoms with E-state index in [1.165, 1.54) is 0 Å². The van der Waals surface area contributed by atoms with Crippen LogP contribution in [0.5, 0.6) is 0 Å². The van der Waals surface area contributed by atoms with E-state index in [2.05, 4.69) is 0 Å². The molecular weight excluding hydrogens is 225 g/mol. The van der Waals surface area contributed by atoms with Gasteiger partial charge in [-0.15, -0.1) is 0 Å². The molecule has 4 nitrogen and oxygen atoms in total. The molecule has 5 heteroatoms. The molecule has 1 aromatic carbocycles. The van der Waals surface area contributed by atoms with E-state index in [4.69, 9.17) is 14.8 Å². The minimum Gasteiger partial charge on any atom is -0.314 e. The Morgan fingerprint density at radius 3 is 2.12 bits per heavy atom. The maximum atomic E-state index is 12.3. The molecule has 0 unspecified atom stereocenters. The lowest BCUT2D eigenvalue weighted by atomic mass is 10.2. The predicted molar refractivity (Wildman–Crippen MR) is 64.2 cm³/mol. The third kappa shape index (κ3) is 3.16. The average Bonchev–Trinajstić information content (AvgIpc) is 2.30. The second kappa shape index (κ2) is 6.16. The van der Waals surface area contributed by atoms with Crippen molar-refractivity contribution < 1.29 is 13.6 Å². The van der Waals surface area contributed by atoms with Gasteiger partial charge in [0, 0.05) is 0 Å². The topological polar surface area (TPSA) is 61.5 Å². The normalized spacial score (nSPS) is 13.7. The molecule has 0 aliphatic heterocycles. The largest absolute Gasteiger partial charge is 0.351 e. The highest BCUT2D eigenvalue weighted by molar-refractivity contribution is 7.54. The molecule has 2 N–H and O–H groups in total. The number of benzene rings is 1. The van der Waals surface area contributed by atoms with Crippen LogP contribution in [0, 0.1) is 0 Å². The van der Waals surface area contributed by atoms with Crippen LogP contribution in [0.1, 0.15) is 25.2 Å². The van der Waals surface area contributed by atoms with Crippen LogP contribution in [-0.4, -0.2) is 13.2 Å². The second-order valence-electron chi connectivity index (χ2n) is 3.23. The standard InChI is InChI=1S/C11H18NO3P/c1-3-14-16(13,15-4-2)11(12)10-8-6-5-7-9-10/h5-9,11H,3-4,12H2,1-2H3/t11-/m1/s1. The maximum absolute atomic E-state index is 12.3. The first kappa shape index (κ1) is 13.4. The summed E-state index contributed by atoms with van der Waals surface area (Å²) in [5.74, 6) is -0.728. The molecule has 0 aliphatic rings. The molecule has 0 heterocycles. The van der Waals surface area contributed by atoms with E-state index in [1.54, 1.807) is 13.8 Å². The summed E-state index contributed by atoms with van der Waals surface area (Å²) in [4.78, 5) is 0. The predicted octanol–water partition coefficient (Wildman–Crippen LogP) is 2.91. The summed E-state index contributed by atoms with van der Waals surface area (Å²) in [6.45, 7) is 4.17. The average molecular weight is 243 g/mol. The zero-order chi connectivity index (χ0) is 12.0. The summed E-state index contributed by atoms with van der Waals surface area (Å²) in [6.07, 6.45) is 0. The van der Waals surface area contributed by atoms with Crippen LogP contribution < -0.4 is 5.73 Å². The highest BCUT2D eigenvalue weighted by Gasteiger charge is 2.33. The first-order valence-electron chi connectivity index (χ1n) is 5.33. The Balaban J connectivity index is 2.91. The van der Waals surface area contributed by atoms with Crippen LogP contribution in [0.2, 0.25) is 0 Å². The minimum atomic E-state index is -3.25. The third-order valence-corrected chi connectivity index (χ3v) is 4.32. The van der Waals surface area contributed by atoms with Crippen molar-refractivity contribution in [3.05, 3.63) is 35.9 Å². The Morgan fingerprint density at radius 1 is 1.19 bits per heavy atom. The zero-order valence-electron chi connectivity index (χ0n) is 9.63. The molecule has 1 atom stereocenters. The molecule has 1 aromatic rings. The Hall–Kier alpha value is -0.670. The van der Waals surface area contributed by atoms with Crippen molar-refractivity contribution in [3.63, 3.8) is 0 Å². The molecule has 0 saturated heterocycles. The number of nitrogens with two attached hydrogens (primary N) is 1. The maximum Gasteiger partial charge on any atom is 0.351 e. The Bertz CT molecular complexity index is 346. The van der Waals surface area contributed by atoms with Gasteiger partial charge in [-0.05, 0) is 19.4 Å². The van der Waals surface area contributed by atoms with Crippen LogP contribution in [-0.2, 0) is 13.6 Å². The van der Waals surface area contributed by atoms with E-state index >= 15 is 0 Å². The van der Waals surface area contributed by atoms with Crippen LogP contribution in [0.3, 0.4) is 0 Å². The molecule has 0 aliphatic carbocycles. The third-order valence-electron chi connectivity index (χ3n) is 2.10. The smallest absolute Gasteiger partial charge is 0.314 e. The molecule has 0 amide bonds. The summed E-state index contributed by atoms with van der Waals surface area (Å²) in [5.41, 5.74) is 6.69. The molecular formula is C11H18NO3P. The molecule has 0 saturated carbocycles. The van der Waals surface area contributed by atoms with Gasteiger partial charge in [0.1, 0.15) is 5.78 Å². The fourth-order valence-electron chi connectivity index (χ4n) is 1.39. The molecule has 0 radical (unpaired) electrons. The fraction of sp³-hybridized carbons (Fsp3) is 0.455. The van der Waals surface area contributed by atoms with Crippen molar-refractivity contribution in [2.24, 2.45) is 5.73 Å². The van der Waals surface area contributed by atoms with Gasteiger partial charge in [-0.2, -0.15) is 0 Å². The van der Waals surface area contributed by atoms with Crippen molar-refractivity contribution in [1.29, 1.82) is 0 Å². The number of rotatable bonds is 6. The summed E-state index contributed by atoms with van der Waals surface area (Å²) in [5, 5.41) is 0. The quantitative estimate of drug-likeness (QED) is 0.780. The van der Waals surface area contributed by atoms with Gasteiger partial charge in [-0.1, -0.05) is 30.3 Å². The van der Waals surface area contributed by atoms with Gasteiger partial charge in [0.2, 0.25) is 0 Å². The first-order valence-corrected chi connectivity index (χ1v) is 6.94. The van der Waals surface area contributed by atoms with Gasteiger partial charge in [-0.3, -0.25) is 4.57 Å². The SMILES string of the molecule is CCOP(=O)(OCC)[C@@H](N)c1ccccc1. The van der Waals surface area contributed by atoms with E-state index in [-0.39, 0.29) is 0 Å². The summed E-state index contributed by atoms with van der Waals surface area (Å²) >= 11 is 0. The Morgan fingerprint density at radius 2 is 1.69 bits per heavy atom. The van der Waals surface area contributed by atoms with Crippen molar-refractivity contribution >= 4 is 7.60 Å². The second-order valence-corrected chi connectivity index (χ2v) is 5.38. The van der Waals surface area contributed by atoms with Gasteiger partial charge < -0.3 is 14.8 Å². The van der Waals surface area contributed by atoms with Crippen LogP contribution >= 0.6 is 7.60 Å². The molecule has 90 valence electrons. The van der Waals surface area contributed by atoms with Crippen molar-refractivity contribution in [3.8, 4) is 0 Å². The van der Waals surface area contributed by atoms with E-state index in [1.807, 2.05) is 30.3 Å². The van der Waals surface area contributed by atoms with E-state index < -0.39 is 13.4 Å². The monoisotopic (exact) mass is 243 g/mol. The van der Waals surface area contributed by atoms with Crippen LogP contribution in [0.4, 0.5) is 0 Å². The lowest BCUT2D eigenvalue weighted by molar-refractivity contribution is 0.212. The summed E-state index contributed by atoms with van der Waals surface area (Å²) in [7, 11) is -3.25. The first-order chi connectivity index (χ1) is 7.64. The molecule has 0 spiro atoms. The van der Waals surface area contributed by atoms with Crippen molar-refractivity contribution in [1.82, 2.24) is 0 Å². The zero-order valence-corrected chi connectivity index (χ0v) is 10.5. The van der Waals surface area contributed by atoms with Crippen LogP contribution in [0.15, 0.2) is 30.3 Å². The van der Waals surface area contributed by atoms with Crippen molar-refractivity contribution in [2.75, 3.05) is 13.2 Å². The van der Waals surface area contributed by atoms with Gasteiger partial charge in [-0.25, -0.2) is 0 Å². The lowest BCUT2D eigenvalue weighted by Crippen LogP contribution is -2.14. The highest BCUT2D eigenvalue weighted by Crippen LogP contribution is 2.58. The Labute approximate surface area is 96.3 Å². The number of hydrogen-bond acceptors (Lipinski definition) is 4. The molecule has 1 rings (SSSR count).